The lowest BCUT2D eigenvalue weighted by atomic mass is 10.1. The van der Waals surface area contributed by atoms with Crippen molar-refractivity contribution in [3.05, 3.63) is 29.8 Å². The van der Waals surface area contributed by atoms with Gasteiger partial charge in [0.15, 0.2) is 0 Å². The van der Waals surface area contributed by atoms with Gasteiger partial charge >= 0.3 is 0 Å². The van der Waals surface area contributed by atoms with E-state index in [0.29, 0.717) is 12.1 Å². The molecule has 0 saturated carbocycles. The number of nitrogens with one attached hydrogen (secondary N) is 1. The lowest BCUT2D eigenvalue weighted by molar-refractivity contribution is 0.206. The van der Waals surface area contributed by atoms with E-state index in [-0.39, 0.29) is 0 Å². The Labute approximate surface area is 118 Å². The summed E-state index contributed by atoms with van der Waals surface area (Å²) < 4.78 is 5.27. The third kappa shape index (κ3) is 5.21. The van der Waals surface area contributed by atoms with E-state index in [0.717, 1.165) is 18.8 Å². The van der Waals surface area contributed by atoms with Crippen molar-refractivity contribution in [3.8, 4) is 5.75 Å². The molecule has 0 radical (unpaired) electrons. The van der Waals surface area contributed by atoms with Gasteiger partial charge in [0, 0.05) is 18.6 Å². The first-order valence-corrected chi connectivity index (χ1v) is 7.15. The molecule has 19 heavy (non-hydrogen) atoms. The number of methoxy groups -OCH3 is 1. The van der Waals surface area contributed by atoms with Gasteiger partial charge in [-0.05, 0) is 51.6 Å². The highest BCUT2D eigenvalue weighted by Crippen LogP contribution is 2.15. The molecular formula is C16H28N2O. The van der Waals surface area contributed by atoms with Crippen LogP contribution in [0.1, 0.15) is 32.8 Å². The zero-order valence-corrected chi connectivity index (χ0v) is 12.9. The average Bonchev–Trinajstić information content (AvgIpc) is 2.43. The fraction of sp³-hybridized carbons (Fsp3) is 0.625. The molecule has 0 spiro atoms. The van der Waals surface area contributed by atoms with Gasteiger partial charge in [-0.15, -0.1) is 0 Å². The highest BCUT2D eigenvalue weighted by Gasteiger charge is 2.16. The predicted molar refractivity (Wildman–Crippen MR) is 81.7 cm³/mol. The maximum Gasteiger partial charge on any atom is 0.119 e. The van der Waals surface area contributed by atoms with E-state index in [2.05, 4.69) is 50.2 Å². The van der Waals surface area contributed by atoms with Crippen LogP contribution in [-0.4, -0.2) is 37.7 Å². The van der Waals surface area contributed by atoms with E-state index in [1.54, 1.807) is 7.11 Å². The second-order valence-electron chi connectivity index (χ2n) is 5.25. The minimum absolute atomic E-state index is 0.496. The highest BCUT2D eigenvalue weighted by molar-refractivity contribution is 5.28. The van der Waals surface area contributed by atoms with Gasteiger partial charge in [0.2, 0.25) is 0 Å². The van der Waals surface area contributed by atoms with Gasteiger partial charge in [-0.25, -0.2) is 0 Å². The summed E-state index contributed by atoms with van der Waals surface area (Å²) in [6.07, 6.45) is 1.18. The first kappa shape index (κ1) is 16.0. The molecule has 1 aromatic rings. The quantitative estimate of drug-likeness (QED) is 0.781. The number of hydrogen-bond acceptors (Lipinski definition) is 3. The SMILES string of the molecule is CCCNC(C)C(C)N(C)Cc1cccc(OC)c1. The molecule has 108 valence electrons. The van der Waals surface area contributed by atoms with Crippen LogP contribution in [0.2, 0.25) is 0 Å². The molecule has 3 heteroatoms. The molecule has 0 aliphatic heterocycles. The predicted octanol–water partition coefficient (Wildman–Crippen LogP) is 2.90. The monoisotopic (exact) mass is 264 g/mol. The van der Waals surface area contributed by atoms with E-state index in [9.17, 15) is 0 Å². The third-order valence-corrected chi connectivity index (χ3v) is 3.70. The molecule has 0 aromatic heterocycles. The number of nitrogens with zero attached hydrogens (tertiary/aromatic N) is 1. The second-order valence-corrected chi connectivity index (χ2v) is 5.25. The van der Waals surface area contributed by atoms with Crippen molar-refractivity contribution >= 4 is 0 Å². The van der Waals surface area contributed by atoms with Crippen LogP contribution in [0.15, 0.2) is 24.3 Å². The number of likely N-dealkylation sites (N-methyl/N-ethyl adjacent to an activating group) is 1. The van der Waals surface area contributed by atoms with Gasteiger partial charge in [-0.2, -0.15) is 0 Å². The largest absolute Gasteiger partial charge is 0.497 e. The van der Waals surface area contributed by atoms with Gasteiger partial charge in [0.05, 0.1) is 7.11 Å². The highest BCUT2D eigenvalue weighted by atomic mass is 16.5. The van der Waals surface area contributed by atoms with Crippen LogP contribution in [0.5, 0.6) is 5.75 Å². The van der Waals surface area contributed by atoms with E-state index < -0.39 is 0 Å². The van der Waals surface area contributed by atoms with Crippen molar-refractivity contribution in [3.63, 3.8) is 0 Å². The van der Waals surface area contributed by atoms with Crippen molar-refractivity contribution in [2.45, 2.75) is 45.8 Å². The lowest BCUT2D eigenvalue weighted by Crippen LogP contribution is -2.45. The Morgan fingerprint density at radius 2 is 2.05 bits per heavy atom. The average molecular weight is 264 g/mol. The Hall–Kier alpha value is -1.06. The summed E-state index contributed by atoms with van der Waals surface area (Å²) in [6.45, 7) is 8.75. The summed E-state index contributed by atoms with van der Waals surface area (Å²) in [5.41, 5.74) is 1.29. The Morgan fingerprint density at radius 3 is 2.68 bits per heavy atom. The Bertz CT molecular complexity index is 368. The van der Waals surface area contributed by atoms with Gasteiger partial charge in [-0.1, -0.05) is 19.1 Å². The van der Waals surface area contributed by atoms with Crippen molar-refractivity contribution in [2.75, 3.05) is 20.7 Å². The molecule has 0 heterocycles. The van der Waals surface area contributed by atoms with Gasteiger partial charge < -0.3 is 10.1 Å². The van der Waals surface area contributed by atoms with Crippen LogP contribution in [0.3, 0.4) is 0 Å². The van der Waals surface area contributed by atoms with Crippen molar-refractivity contribution in [1.82, 2.24) is 10.2 Å². The summed E-state index contributed by atoms with van der Waals surface area (Å²) in [6, 6.07) is 9.28. The molecule has 2 atom stereocenters. The van der Waals surface area contributed by atoms with Gasteiger partial charge in [-0.3, -0.25) is 4.90 Å². The van der Waals surface area contributed by atoms with Crippen molar-refractivity contribution in [1.29, 1.82) is 0 Å². The lowest BCUT2D eigenvalue weighted by Gasteiger charge is -2.30. The minimum Gasteiger partial charge on any atom is -0.497 e. The van der Waals surface area contributed by atoms with Crippen LogP contribution in [-0.2, 0) is 6.54 Å². The topological polar surface area (TPSA) is 24.5 Å². The molecule has 1 N–H and O–H groups in total. The molecule has 2 unspecified atom stereocenters. The number of rotatable bonds is 8. The summed E-state index contributed by atoms with van der Waals surface area (Å²) in [4.78, 5) is 2.38. The molecule has 0 saturated heterocycles. The molecule has 1 aromatic carbocycles. The second kappa shape index (κ2) is 8.18. The summed E-state index contributed by atoms with van der Waals surface area (Å²) in [5.74, 6) is 0.927. The normalized spacial score (nSPS) is 14.4. The smallest absolute Gasteiger partial charge is 0.119 e. The zero-order valence-electron chi connectivity index (χ0n) is 12.9. The fourth-order valence-corrected chi connectivity index (χ4v) is 2.13. The van der Waals surface area contributed by atoms with Crippen molar-refractivity contribution < 1.29 is 4.74 Å². The van der Waals surface area contributed by atoms with E-state index in [4.69, 9.17) is 4.74 Å². The number of hydrogen-bond donors (Lipinski definition) is 1. The Morgan fingerprint density at radius 1 is 1.32 bits per heavy atom. The van der Waals surface area contributed by atoms with Crippen LogP contribution < -0.4 is 10.1 Å². The van der Waals surface area contributed by atoms with Crippen LogP contribution in [0, 0.1) is 0 Å². The first-order valence-electron chi connectivity index (χ1n) is 7.15. The number of ether oxygens (including phenoxy) is 1. The van der Waals surface area contributed by atoms with E-state index in [1.165, 1.54) is 12.0 Å². The maximum atomic E-state index is 5.27. The Kier molecular flexibility index (Phi) is 6.89. The van der Waals surface area contributed by atoms with E-state index >= 15 is 0 Å². The molecular weight excluding hydrogens is 236 g/mol. The standard InChI is InChI=1S/C16H28N2O/c1-6-10-17-13(2)14(3)18(4)12-15-8-7-9-16(11-15)19-5/h7-9,11,13-14,17H,6,10,12H2,1-5H3. The molecule has 0 amide bonds. The molecule has 0 fully saturated rings. The fourth-order valence-electron chi connectivity index (χ4n) is 2.13. The minimum atomic E-state index is 0.496. The summed E-state index contributed by atoms with van der Waals surface area (Å²) in [5, 5.41) is 3.55. The van der Waals surface area contributed by atoms with Crippen LogP contribution in [0.4, 0.5) is 0 Å². The zero-order chi connectivity index (χ0) is 14.3. The van der Waals surface area contributed by atoms with Gasteiger partial charge in [0.25, 0.3) is 0 Å². The van der Waals surface area contributed by atoms with Crippen LogP contribution >= 0.6 is 0 Å². The molecule has 0 aliphatic carbocycles. The maximum absolute atomic E-state index is 5.27. The molecule has 0 aliphatic rings. The summed E-state index contributed by atoms with van der Waals surface area (Å²) in [7, 11) is 3.89. The third-order valence-electron chi connectivity index (χ3n) is 3.70. The molecule has 0 bridgehead atoms. The number of benzene rings is 1. The van der Waals surface area contributed by atoms with Gasteiger partial charge in [0.1, 0.15) is 5.75 Å². The molecule has 3 nitrogen and oxygen atoms in total. The van der Waals surface area contributed by atoms with Crippen LogP contribution in [0.25, 0.3) is 0 Å². The first-order chi connectivity index (χ1) is 9.08. The Balaban J connectivity index is 2.54. The summed E-state index contributed by atoms with van der Waals surface area (Å²) >= 11 is 0. The molecule has 1 rings (SSSR count). The van der Waals surface area contributed by atoms with E-state index in [1.807, 2.05) is 12.1 Å². The van der Waals surface area contributed by atoms with Crippen molar-refractivity contribution in [2.24, 2.45) is 0 Å².